The molecule has 3 rings (SSSR count). The van der Waals surface area contributed by atoms with Crippen LogP contribution in [0.5, 0.6) is 0 Å². The first kappa shape index (κ1) is 38.7. The fourth-order valence-corrected chi connectivity index (χ4v) is 7.73. The highest BCUT2D eigenvalue weighted by atomic mass is 32.1. The van der Waals surface area contributed by atoms with E-state index in [0.29, 0.717) is 18.9 Å². The number of nitrogens with zero attached hydrogens (tertiary/aromatic N) is 1. The fraction of sp³-hybridized carbons (Fsp3) is 0.667. The predicted octanol–water partition coefficient (Wildman–Crippen LogP) is 8.05. The third-order valence-electron chi connectivity index (χ3n) is 9.76. The van der Waals surface area contributed by atoms with Crippen LogP contribution in [0.15, 0.2) is 35.7 Å². The molecule has 1 aliphatic rings. The van der Waals surface area contributed by atoms with E-state index in [1.165, 1.54) is 60.9 Å². The summed E-state index contributed by atoms with van der Waals surface area (Å²) in [5, 5.41) is 17.9. The molecule has 0 fully saturated rings. The van der Waals surface area contributed by atoms with Crippen LogP contribution in [-0.4, -0.2) is 60.5 Å². The third-order valence-corrected chi connectivity index (χ3v) is 10.7. The van der Waals surface area contributed by atoms with Crippen LogP contribution < -0.4 is 10.6 Å². The summed E-state index contributed by atoms with van der Waals surface area (Å²) < 4.78 is 0. The number of aliphatic carboxylic acids is 1. The molecule has 0 saturated carbocycles. The van der Waals surface area contributed by atoms with Gasteiger partial charge in [0.1, 0.15) is 0 Å². The molecular formula is C39H61N3O4S. The minimum absolute atomic E-state index is 0.0441. The zero-order valence-corrected chi connectivity index (χ0v) is 30.0. The van der Waals surface area contributed by atoms with Crippen molar-refractivity contribution < 1.29 is 19.5 Å². The number of benzene rings is 1. The van der Waals surface area contributed by atoms with Gasteiger partial charge in [-0.1, -0.05) is 95.4 Å². The largest absolute Gasteiger partial charge is 0.481 e. The van der Waals surface area contributed by atoms with Crippen molar-refractivity contribution in [1.82, 2.24) is 15.5 Å². The fourth-order valence-electron chi connectivity index (χ4n) is 7.03. The van der Waals surface area contributed by atoms with Crippen LogP contribution in [0.25, 0.3) is 0 Å². The van der Waals surface area contributed by atoms with Gasteiger partial charge >= 0.3 is 5.97 Å². The van der Waals surface area contributed by atoms with Crippen LogP contribution in [-0.2, 0) is 33.6 Å². The summed E-state index contributed by atoms with van der Waals surface area (Å²) in [6.45, 7) is 4.52. The Morgan fingerprint density at radius 3 is 2.09 bits per heavy atom. The second-order valence-corrected chi connectivity index (χ2v) is 14.4. The molecule has 0 spiro atoms. The lowest BCUT2D eigenvalue weighted by Crippen LogP contribution is -2.41. The van der Waals surface area contributed by atoms with Gasteiger partial charge in [0.15, 0.2) is 0 Å². The maximum atomic E-state index is 12.6. The lowest BCUT2D eigenvalue weighted by atomic mass is 9.81. The normalized spacial score (nSPS) is 14.9. The molecule has 1 heterocycles. The predicted molar refractivity (Wildman–Crippen MR) is 194 cm³/mol. The van der Waals surface area contributed by atoms with Crippen LogP contribution in [0.4, 0.5) is 0 Å². The molecule has 2 amide bonds. The summed E-state index contributed by atoms with van der Waals surface area (Å²) in [5.74, 6) is -1.50. The Morgan fingerprint density at radius 2 is 1.51 bits per heavy atom. The van der Waals surface area contributed by atoms with Gasteiger partial charge in [0.05, 0.1) is 5.92 Å². The number of fused-ring (bicyclic) bond motifs is 1. The molecule has 7 nitrogen and oxygen atoms in total. The minimum Gasteiger partial charge on any atom is -0.481 e. The van der Waals surface area contributed by atoms with Crippen molar-refractivity contribution in [1.29, 1.82) is 0 Å². The van der Waals surface area contributed by atoms with E-state index in [4.69, 9.17) is 0 Å². The first-order valence-electron chi connectivity index (χ1n) is 18.5. The van der Waals surface area contributed by atoms with Crippen LogP contribution in [0, 0.1) is 0 Å². The number of amides is 2. The van der Waals surface area contributed by atoms with Gasteiger partial charge in [-0.15, -0.1) is 11.3 Å². The Hall–Kier alpha value is -2.71. The lowest BCUT2D eigenvalue weighted by molar-refractivity contribution is -0.138. The van der Waals surface area contributed by atoms with Crippen molar-refractivity contribution in [3.63, 3.8) is 0 Å². The standard InChI is InChI=1S/C39H61N3O4S/c1-3-26-42(27-25-33-19-17-28-47-33)32-23-24-34-31(29-32)18-16-20-35(34)36(39(45)46)30-41-38(44)22-15-13-11-9-7-5-4-6-8-10-12-14-21-37(43)40-2/h16-20,28,32,36H,3-15,21-27,29-30H2,1-2H3,(H,40,43)(H,41,44)(H,45,46). The first-order valence-corrected chi connectivity index (χ1v) is 19.4. The molecule has 2 aromatic rings. The van der Waals surface area contributed by atoms with E-state index in [9.17, 15) is 19.5 Å². The average Bonchev–Trinajstić information content (AvgIpc) is 3.60. The Balaban J connectivity index is 1.32. The van der Waals surface area contributed by atoms with Gasteiger partial charge in [0.2, 0.25) is 11.8 Å². The molecule has 262 valence electrons. The van der Waals surface area contributed by atoms with E-state index in [0.717, 1.165) is 82.9 Å². The zero-order valence-electron chi connectivity index (χ0n) is 29.2. The summed E-state index contributed by atoms with van der Waals surface area (Å²) in [6, 6.07) is 10.9. The van der Waals surface area contributed by atoms with E-state index in [1.807, 2.05) is 23.5 Å². The average molecular weight is 668 g/mol. The quantitative estimate of drug-likeness (QED) is 0.0931. The molecule has 8 heteroatoms. The van der Waals surface area contributed by atoms with Gasteiger partial charge in [0.25, 0.3) is 0 Å². The SMILES string of the molecule is CCCN(CCc1cccs1)C1CCc2c(cccc2C(CNC(=O)CCCCCCCCCCCCCCC(=O)NC)C(=O)O)C1. The molecule has 1 aromatic heterocycles. The Kier molecular flexibility index (Phi) is 18.8. The highest BCUT2D eigenvalue weighted by molar-refractivity contribution is 7.09. The maximum Gasteiger partial charge on any atom is 0.312 e. The van der Waals surface area contributed by atoms with Crippen LogP contribution in [0.1, 0.15) is 137 Å². The number of carbonyl (C=O) groups is 3. The number of hydrogen-bond donors (Lipinski definition) is 3. The molecule has 0 bridgehead atoms. The second-order valence-electron chi connectivity index (χ2n) is 13.4. The van der Waals surface area contributed by atoms with Crippen molar-refractivity contribution in [3.8, 4) is 0 Å². The topological polar surface area (TPSA) is 98.7 Å². The molecule has 0 radical (unpaired) electrons. The summed E-state index contributed by atoms with van der Waals surface area (Å²) in [4.78, 5) is 40.3. The molecule has 47 heavy (non-hydrogen) atoms. The third kappa shape index (κ3) is 14.5. The van der Waals surface area contributed by atoms with Crippen molar-refractivity contribution in [2.75, 3.05) is 26.7 Å². The smallest absolute Gasteiger partial charge is 0.312 e. The van der Waals surface area contributed by atoms with Gasteiger partial charge in [-0.3, -0.25) is 19.3 Å². The van der Waals surface area contributed by atoms with Crippen molar-refractivity contribution in [2.45, 2.75) is 141 Å². The monoisotopic (exact) mass is 667 g/mol. The highest BCUT2D eigenvalue weighted by Gasteiger charge is 2.29. The highest BCUT2D eigenvalue weighted by Crippen LogP contribution is 2.32. The summed E-state index contributed by atoms with van der Waals surface area (Å²) in [7, 11) is 1.69. The van der Waals surface area contributed by atoms with E-state index in [1.54, 1.807) is 7.05 Å². The number of carboxylic acids is 1. The summed E-state index contributed by atoms with van der Waals surface area (Å²) in [5.41, 5.74) is 3.32. The zero-order chi connectivity index (χ0) is 33.7. The molecule has 0 saturated heterocycles. The molecule has 1 aliphatic carbocycles. The molecule has 3 N–H and O–H groups in total. The van der Waals surface area contributed by atoms with Gasteiger partial charge in [-0.2, -0.15) is 0 Å². The Bertz CT molecular complexity index is 1180. The lowest BCUT2D eigenvalue weighted by Gasteiger charge is -2.36. The van der Waals surface area contributed by atoms with Crippen LogP contribution in [0.2, 0.25) is 0 Å². The van der Waals surface area contributed by atoms with E-state index in [-0.39, 0.29) is 18.4 Å². The molecular weight excluding hydrogens is 607 g/mol. The van der Waals surface area contributed by atoms with Gasteiger partial charge in [-0.25, -0.2) is 0 Å². The van der Waals surface area contributed by atoms with Gasteiger partial charge in [0, 0.05) is 43.9 Å². The van der Waals surface area contributed by atoms with E-state index in [2.05, 4.69) is 46.0 Å². The Morgan fingerprint density at radius 1 is 0.872 bits per heavy atom. The van der Waals surface area contributed by atoms with Crippen molar-refractivity contribution >= 4 is 29.1 Å². The molecule has 2 unspecified atom stereocenters. The number of thiophene rings is 1. The molecule has 0 aliphatic heterocycles. The maximum absolute atomic E-state index is 12.6. The number of carboxylic acid groups (broad SMARTS) is 1. The van der Waals surface area contributed by atoms with Crippen molar-refractivity contribution in [3.05, 3.63) is 57.3 Å². The Labute approximate surface area is 288 Å². The minimum atomic E-state index is -0.870. The van der Waals surface area contributed by atoms with E-state index >= 15 is 0 Å². The molecule has 2 atom stereocenters. The van der Waals surface area contributed by atoms with E-state index < -0.39 is 11.9 Å². The summed E-state index contributed by atoms with van der Waals surface area (Å²) >= 11 is 1.83. The number of carbonyl (C=O) groups excluding carboxylic acids is 2. The number of rotatable bonds is 25. The first-order chi connectivity index (χ1) is 22.9. The van der Waals surface area contributed by atoms with Crippen molar-refractivity contribution in [2.24, 2.45) is 0 Å². The number of unbranched alkanes of at least 4 members (excludes halogenated alkanes) is 11. The van der Waals surface area contributed by atoms with Crippen LogP contribution in [0.3, 0.4) is 0 Å². The van der Waals surface area contributed by atoms with Crippen LogP contribution >= 0.6 is 11.3 Å². The summed E-state index contributed by atoms with van der Waals surface area (Å²) in [6.07, 6.45) is 20.1. The number of nitrogens with one attached hydrogen (secondary N) is 2. The molecule has 1 aromatic carbocycles. The second kappa shape index (κ2) is 22.8. The number of hydrogen-bond acceptors (Lipinski definition) is 5. The van der Waals surface area contributed by atoms with Gasteiger partial charge in [-0.05, 0) is 79.6 Å². The van der Waals surface area contributed by atoms with Gasteiger partial charge < -0.3 is 15.7 Å².